The first kappa shape index (κ1) is 15.6. The van der Waals surface area contributed by atoms with Gasteiger partial charge in [-0.25, -0.2) is 17.2 Å². The van der Waals surface area contributed by atoms with Gasteiger partial charge in [-0.3, -0.25) is 9.59 Å². The Kier molecular flexibility index (Phi) is 4.36. The lowest BCUT2D eigenvalue weighted by atomic mass is 10.1. The average Bonchev–Trinajstić information content (AvgIpc) is 2.38. The molecule has 0 spiro atoms. The zero-order valence-corrected chi connectivity index (χ0v) is 11.8. The monoisotopic (exact) mass is 317 g/mol. The third kappa shape index (κ3) is 3.63. The summed E-state index contributed by atoms with van der Waals surface area (Å²) in [7, 11) is -4.19. The molecule has 0 bridgehead atoms. The van der Waals surface area contributed by atoms with Crippen molar-refractivity contribution < 1.29 is 26.8 Å². The second kappa shape index (κ2) is 5.88. The number of likely N-dealkylation sites (tertiary alicyclic amines) is 1. The molecule has 1 saturated heterocycles. The van der Waals surface area contributed by atoms with Crippen LogP contribution in [-0.2, 0) is 19.4 Å². The Balaban J connectivity index is 2.13. The Morgan fingerprint density at radius 3 is 2.38 bits per heavy atom. The van der Waals surface area contributed by atoms with Crippen LogP contribution in [0.4, 0.5) is 8.78 Å². The van der Waals surface area contributed by atoms with Crippen LogP contribution in [0.3, 0.4) is 0 Å². The number of rotatable bonds is 3. The van der Waals surface area contributed by atoms with Gasteiger partial charge in [-0.05, 0) is 12.1 Å². The van der Waals surface area contributed by atoms with Gasteiger partial charge in [-0.15, -0.1) is 0 Å². The van der Waals surface area contributed by atoms with E-state index in [9.17, 15) is 26.8 Å². The van der Waals surface area contributed by atoms with Gasteiger partial charge in [0.05, 0.1) is 0 Å². The topological polar surface area (TPSA) is 71.5 Å². The molecule has 1 aromatic carbocycles. The number of benzene rings is 1. The third-order valence-electron chi connectivity index (χ3n) is 3.22. The Bertz CT molecular complexity index is 677. The van der Waals surface area contributed by atoms with Gasteiger partial charge >= 0.3 is 0 Å². The Morgan fingerprint density at radius 1 is 1.19 bits per heavy atom. The number of piperidine rings is 1. The highest BCUT2D eigenvalue weighted by molar-refractivity contribution is 7.92. The van der Waals surface area contributed by atoms with Crippen LogP contribution in [0.1, 0.15) is 12.8 Å². The molecule has 5 nitrogen and oxygen atoms in total. The molecule has 0 aromatic heterocycles. The summed E-state index contributed by atoms with van der Waals surface area (Å²) in [5, 5.41) is 0. The lowest BCUT2D eigenvalue weighted by Crippen LogP contribution is -2.41. The van der Waals surface area contributed by atoms with Crippen LogP contribution in [0, 0.1) is 11.6 Å². The number of carbonyl (C=O) groups is 2. The molecule has 1 aliphatic heterocycles. The van der Waals surface area contributed by atoms with E-state index in [1.54, 1.807) is 0 Å². The zero-order valence-electron chi connectivity index (χ0n) is 11.0. The molecule has 1 aliphatic rings. The summed E-state index contributed by atoms with van der Waals surface area (Å²) >= 11 is 0. The maximum absolute atomic E-state index is 13.5. The summed E-state index contributed by atoms with van der Waals surface area (Å²) < 4.78 is 50.3. The molecule has 0 N–H and O–H groups in total. The van der Waals surface area contributed by atoms with E-state index < -0.39 is 38.0 Å². The number of nitrogens with zero attached hydrogens (tertiary/aromatic N) is 1. The summed E-state index contributed by atoms with van der Waals surface area (Å²) in [6, 6.07) is 2.07. The van der Waals surface area contributed by atoms with Crippen molar-refractivity contribution in [3.8, 4) is 0 Å². The fourth-order valence-corrected chi connectivity index (χ4v) is 3.36. The number of hydrogen-bond donors (Lipinski definition) is 0. The Hall–Kier alpha value is -1.83. The number of ketones is 1. The first-order chi connectivity index (χ1) is 9.79. The molecule has 2 rings (SSSR count). The lowest BCUT2D eigenvalue weighted by Gasteiger charge is -2.25. The van der Waals surface area contributed by atoms with Gasteiger partial charge in [-0.2, -0.15) is 0 Å². The number of amides is 1. The molecule has 0 atom stereocenters. The Labute approximate surface area is 120 Å². The molecule has 0 saturated carbocycles. The van der Waals surface area contributed by atoms with Crippen LogP contribution < -0.4 is 0 Å². The van der Waals surface area contributed by atoms with E-state index in [-0.39, 0.29) is 31.7 Å². The summed E-state index contributed by atoms with van der Waals surface area (Å²) in [4.78, 5) is 23.5. The largest absolute Gasteiger partial charge is 0.341 e. The SMILES string of the molecule is O=C1CCN(C(=O)CS(=O)(=O)c2ccc(F)cc2F)CC1. The van der Waals surface area contributed by atoms with E-state index in [2.05, 4.69) is 0 Å². The van der Waals surface area contributed by atoms with Crippen molar-refractivity contribution in [2.75, 3.05) is 18.8 Å². The van der Waals surface area contributed by atoms with Crippen molar-refractivity contribution in [3.63, 3.8) is 0 Å². The predicted octanol–water partition coefficient (Wildman–Crippen LogP) is 0.930. The maximum Gasteiger partial charge on any atom is 0.238 e. The van der Waals surface area contributed by atoms with Crippen LogP contribution in [0.2, 0.25) is 0 Å². The number of halogens is 2. The minimum Gasteiger partial charge on any atom is -0.341 e. The number of sulfone groups is 1. The van der Waals surface area contributed by atoms with Crippen LogP contribution in [0.15, 0.2) is 23.1 Å². The van der Waals surface area contributed by atoms with E-state index in [0.717, 1.165) is 12.1 Å². The van der Waals surface area contributed by atoms with E-state index in [1.807, 2.05) is 0 Å². The van der Waals surface area contributed by atoms with Gasteiger partial charge < -0.3 is 4.90 Å². The highest BCUT2D eigenvalue weighted by Gasteiger charge is 2.28. The summed E-state index contributed by atoms with van der Waals surface area (Å²) in [6.45, 7) is 0.332. The molecule has 21 heavy (non-hydrogen) atoms. The van der Waals surface area contributed by atoms with Crippen molar-refractivity contribution in [1.29, 1.82) is 0 Å². The van der Waals surface area contributed by atoms with Gasteiger partial charge in [0.2, 0.25) is 5.91 Å². The van der Waals surface area contributed by atoms with Crippen molar-refractivity contribution in [1.82, 2.24) is 4.90 Å². The smallest absolute Gasteiger partial charge is 0.238 e. The molecule has 1 aromatic rings. The summed E-state index contributed by atoms with van der Waals surface area (Å²) in [6.07, 6.45) is 0.382. The molecule has 1 fully saturated rings. The van der Waals surface area contributed by atoms with Gasteiger partial charge in [-0.1, -0.05) is 0 Å². The number of hydrogen-bond acceptors (Lipinski definition) is 4. The molecule has 114 valence electrons. The van der Waals surface area contributed by atoms with Crippen molar-refractivity contribution in [2.24, 2.45) is 0 Å². The first-order valence-electron chi connectivity index (χ1n) is 6.27. The van der Waals surface area contributed by atoms with Gasteiger partial charge in [0.25, 0.3) is 0 Å². The predicted molar refractivity (Wildman–Crippen MR) is 69.2 cm³/mol. The third-order valence-corrected chi connectivity index (χ3v) is 4.84. The standard InChI is InChI=1S/C13H13F2NO4S/c14-9-1-2-12(11(15)7-9)21(19,20)8-13(18)16-5-3-10(17)4-6-16/h1-2,7H,3-6,8H2. The second-order valence-electron chi connectivity index (χ2n) is 4.75. The van der Waals surface area contributed by atoms with E-state index >= 15 is 0 Å². The fraction of sp³-hybridized carbons (Fsp3) is 0.385. The lowest BCUT2D eigenvalue weighted by molar-refractivity contribution is -0.132. The highest BCUT2D eigenvalue weighted by Crippen LogP contribution is 2.18. The van der Waals surface area contributed by atoms with E-state index in [0.29, 0.717) is 6.07 Å². The van der Waals surface area contributed by atoms with Gasteiger partial charge in [0, 0.05) is 32.0 Å². The fourth-order valence-electron chi connectivity index (χ4n) is 2.06. The van der Waals surface area contributed by atoms with Crippen molar-refractivity contribution in [2.45, 2.75) is 17.7 Å². The molecular weight excluding hydrogens is 304 g/mol. The molecular formula is C13H13F2NO4S. The minimum absolute atomic E-state index is 0.0199. The number of carbonyl (C=O) groups excluding carboxylic acids is 2. The first-order valence-corrected chi connectivity index (χ1v) is 7.92. The maximum atomic E-state index is 13.5. The van der Waals surface area contributed by atoms with E-state index in [1.165, 1.54) is 4.90 Å². The Morgan fingerprint density at radius 2 is 1.81 bits per heavy atom. The van der Waals surface area contributed by atoms with Crippen LogP contribution in [-0.4, -0.2) is 43.9 Å². The summed E-state index contributed by atoms with van der Waals surface area (Å²) in [5.41, 5.74) is 0. The zero-order chi connectivity index (χ0) is 15.6. The summed E-state index contributed by atoms with van der Waals surface area (Å²) in [5.74, 6) is -3.69. The number of Topliss-reactive ketones (excluding diaryl/α,β-unsaturated/α-hetero) is 1. The molecule has 8 heteroatoms. The molecule has 0 aliphatic carbocycles. The van der Waals surface area contributed by atoms with E-state index in [4.69, 9.17) is 0 Å². The second-order valence-corrected chi connectivity index (χ2v) is 6.71. The highest BCUT2D eigenvalue weighted by atomic mass is 32.2. The van der Waals surface area contributed by atoms with Crippen molar-refractivity contribution in [3.05, 3.63) is 29.8 Å². The molecule has 0 unspecified atom stereocenters. The molecule has 0 radical (unpaired) electrons. The minimum atomic E-state index is -4.19. The van der Waals surface area contributed by atoms with Crippen LogP contribution in [0.5, 0.6) is 0 Å². The van der Waals surface area contributed by atoms with Crippen molar-refractivity contribution >= 4 is 21.5 Å². The van der Waals surface area contributed by atoms with Gasteiger partial charge in [0.1, 0.15) is 28.1 Å². The molecule has 1 heterocycles. The average molecular weight is 317 g/mol. The quantitative estimate of drug-likeness (QED) is 0.778. The van der Waals surface area contributed by atoms with Gasteiger partial charge in [0.15, 0.2) is 9.84 Å². The van der Waals surface area contributed by atoms with Crippen LogP contribution >= 0.6 is 0 Å². The molecule has 1 amide bonds. The normalized spacial score (nSPS) is 16.1. The van der Waals surface area contributed by atoms with Crippen LogP contribution in [0.25, 0.3) is 0 Å².